The molecular weight excluding hydrogens is 359 g/mol. The molecule has 2 saturated heterocycles. The molecule has 0 aliphatic carbocycles. The van der Waals surface area contributed by atoms with Gasteiger partial charge in [0.05, 0.1) is 36.7 Å². The fourth-order valence-corrected chi connectivity index (χ4v) is 3.66. The van der Waals surface area contributed by atoms with Crippen LogP contribution in [-0.4, -0.2) is 56.2 Å². The summed E-state index contributed by atoms with van der Waals surface area (Å²) in [5.74, 6) is -0.280. The highest BCUT2D eigenvalue weighted by Crippen LogP contribution is 2.35. The maximum Gasteiger partial charge on any atom is 0.416 e. The van der Waals surface area contributed by atoms with Crippen molar-refractivity contribution in [1.29, 1.82) is 0 Å². The summed E-state index contributed by atoms with van der Waals surface area (Å²) < 4.78 is 44.8. The number of halogens is 3. The third-order valence-corrected chi connectivity index (χ3v) is 5.24. The van der Waals surface area contributed by atoms with Crippen LogP contribution < -0.4 is 10.2 Å². The molecule has 0 aromatic heterocycles. The maximum atomic E-state index is 13.1. The summed E-state index contributed by atoms with van der Waals surface area (Å²) in [5, 5.41) is 2.73. The molecule has 2 aliphatic rings. The number of hydrogen-bond acceptors (Lipinski definition) is 4. The minimum atomic E-state index is -4.45. The predicted octanol–water partition coefficient (Wildman–Crippen LogP) is 3.35. The van der Waals surface area contributed by atoms with Crippen molar-refractivity contribution in [3.05, 3.63) is 23.8 Å². The van der Waals surface area contributed by atoms with E-state index in [4.69, 9.17) is 4.74 Å². The van der Waals surface area contributed by atoms with Crippen LogP contribution >= 0.6 is 0 Å². The van der Waals surface area contributed by atoms with Crippen molar-refractivity contribution in [1.82, 2.24) is 4.90 Å². The van der Waals surface area contributed by atoms with Crippen LogP contribution in [-0.2, 0) is 15.7 Å². The molecule has 0 radical (unpaired) electrons. The molecular formula is C19H26F3N3O2. The van der Waals surface area contributed by atoms with Crippen LogP contribution in [0.25, 0.3) is 0 Å². The van der Waals surface area contributed by atoms with Crippen LogP contribution in [0.2, 0.25) is 0 Å². The van der Waals surface area contributed by atoms with Gasteiger partial charge in [-0.05, 0) is 44.5 Å². The zero-order chi connectivity index (χ0) is 19.4. The first kappa shape index (κ1) is 19.9. The van der Waals surface area contributed by atoms with E-state index in [-0.39, 0.29) is 18.1 Å². The lowest BCUT2D eigenvalue weighted by Crippen LogP contribution is -2.42. The van der Waals surface area contributed by atoms with Gasteiger partial charge < -0.3 is 15.0 Å². The van der Waals surface area contributed by atoms with Crippen molar-refractivity contribution in [2.45, 2.75) is 38.4 Å². The average Bonchev–Trinajstić information content (AvgIpc) is 2.63. The molecule has 0 saturated carbocycles. The van der Waals surface area contributed by atoms with Crippen LogP contribution in [0.15, 0.2) is 18.2 Å². The Morgan fingerprint density at radius 1 is 1.22 bits per heavy atom. The van der Waals surface area contributed by atoms with Crippen molar-refractivity contribution < 1.29 is 22.7 Å². The van der Waals surface area contributed by atoms with E-state index in [0.29, 0.717) is 38.0 Å². The number of amides is 1. The van der Waals surface area contributed by atoms with Gasteiger partial charge in [0.15, 0.2) is 0 Å². The van der Waals surface area contributed by atoms with Gasteiger partial charge in [-0.25, -0.2) is 0 Å². The van der Waals surface area contributed by atoms with E-state index < -0.39 is 11.7 Å². The van der Waals surface area contributed by atoms with E-state index in [9.17, 15) is 18.0 Å². The maximum absolute atomic E-state index is 13.1. The SMILES string of the molecule is CC1CCCCN1CC(=O)Nc1cc(C(F)(F)F)ccc1N1CCOCC1. The quantitative estimate of drug-likeness (QED) is 0.863. The van der Waals surface area contributed by atoms with Gasteiger partial charge in [-0.3, -0.25) is 9.69 Å². The second kappa shape index (κ2) is 8.48. The van der Waals surface area contributed by atoms with Crippen LogP contribution in [0.4, 0.5) is 24.5 Å². The summed E-state index contributed by atoms with van der Waals surface area (Å²) in [4.78, 5) is 16.6. The highest BCUT2D eigenvalue weighted by atomic mass is 19.4. The Morgan fingerprint density at radius 3 is 2.63 bits per heavy atom. The zero-order valence-corrected chi connectivity index (χ0v) is 15.5. The third kappa shape index (κ3) is 5.13. The highest BCUT2D eigenvalue weighted by molar-refractivity contribution is 5.95. The number of rotatable bonds is 4. The Morgan fingerprint density at radius 2 is 1.96 bits per heavy atom. The number of alkyl halides is 3. The number of anilines is 2. The van der Waals surface area contributed by atoms with Crippen molar-refractivity contribution in [2.75, 3.05) is 49.6 Å². The molecule has 3 rings (SSSR count). The lowest BCUT2D eigenvalue weighted by Gasteiger charge is -2.33. The van der Waals surface area contributed by atoms with E-state index in [1.54, 1.807) is 0 Å². The zero-order valence-electron chi connectivity index (χ0n) is 15.5. The third-order valence-electron chi connectivity index (χ3n) is 5.24. The average molecular weight is 385 g/mol. The molecule has 1 aromatic carbocycles. The number of hydrogen-bond donors (Lipinski definition) is 1. The number of nitrogens with one attached hydrogen (secondary N) is 1. The van der Waals surface area contributed by atoms with E-state index >= 15 is 0 Å². The van der Waals surface area contributed by atoms with E-state index in [1.165, 1.54) is 6.07 Å². The fraction of sp³-hybridized carbons (Fsp3) is 0.632. The highest BCUT2D eigenvalue weighted by Gasteiger charge is 2.32. The standard InChI is InChI=1S/C19H26F3N3O2/c1-14-4-2-3-7-25(14)13-18(26)23-16-12-15(19(20,21)22)5-6-17(16)24-8-10-27-11-9-24/h5-6,12,14H,2-4,7-11,13H2,1H3,(H,23,26). The topological polar surface area (TPSA) is 44.8 Å². The van der Waals surface area contributed by atoms with Gasteiger partial charge in [-0.1, -0.05) is 6.42 Å². The largest absolute Gasteiger partial charge is 0.416 e. The lowest BCUT2D eigenvalue weighted by atomic mass is 10.0. The van der Waals surface area contributed by atoms with Crippen molar-refractivity contribution in [3.8, 4) is 0 Å². The molecule has 1 atom stereocenters. The minimum Gasteiger partial charge on any atom is -0.378 e. The fourth-order valence-electron chi connectivity index (χ4n) is 3.66. The number of carbonyl (C=O) groups excluding carboxylic acids is 1. The van der Waals surface area contributed by atoms with E-state index in [0.717, 1.165) is 37.9 Å². The number of ether oxygens (including phenoxy) is 1. The number of likely N-dealkylation sites (tertiary alicyclic amines) is 1. The summed E-state index contributed by atoms with van der Waals surface area (Å²) in [6.45, 7) is 5.30. The molecule has 1 amide bonds. The van der Waals surface area contributed by atoms with Gasteiger partial charge in [0, 0.05) is 19.1 Å². The molecule has 8 heteroatoms. The molecule has 150 valence electrons. The van der Waals surface area contributed by atoms with E-state index in [2.05, 4.69) is 17.1 Å². The molecule has 1 unspecified atom stereocenters. The summed E-state index contributed by atoms with van der Waals surface area (Å²) in [6, 6.07) is 3.84. The van der Waals surface area contributed by atoms with Gasteiger partial charge in [0.1, 0.15) is 0 Å². The Kier molecular flexibility index (Phi) is 6.26. The number of morpholine rings is 1. The van der Waals surface area contributed by atoms with Crippen LogP contribution in [0, 0.1) is 0 Å². The second-order valence-electron chi connectivity index (χ2n) is 7.19. The van der Waals surface area contributed by atoms with Gasteiger partial charge in [0.2, 0.25) is 5.91 Å². The smallest absolute Gasteiger partial charge is 0.378 e. The Labute approximate surface area is 157 Å². The first-order valence-electron chi connectivity index (χ1n) is 9.42. The normalized spacial score (nSPS) is 21.9. The number of benzene rings is 1. The van der Waals surface area contributed by atoms with Gasteiger partial charge in [0.25, 0.3) is 0 Å². The summed E-state index contributed by atoms with van der Waals surface area (Å²) in [7, 11) is 0. The van der Waals surface area contributed by atoms with Crippen LogP contribution in [0.5, 0.6) is 0 Å². The number of carbonyl (C=O) groups is 1. The monoisotopic (exact) mass is 385 g/mol. The van der Waals surface area contributed by atoms with Crippen molar-refractivity contribution in [3.63, 3.8) is 0 Å². The Bertz CT molecular complexity index is 660. The Hall–Kier alpha value is -1.80. The molecule has 0 bridgehead atoms. The summed E-state index contributed by atoms with van der Waals surface area (Å²) in [6.07, 6.45) is -1.23. The molecule has 1 aromatic rings. The predicted molar refractivity (Wildman–Crippen MR) is 98.0 cm³/mol. The van der Waals surface area contributed by atoms with Crippen LogP contribution in [0.3, 0.4) is 0 Å². The van der Waals surface area contributed by atoms with E-state index in [1.807, 2.05) is 4.90 Å². The molecule has 0 spiro atoms. The first-order chi connectivity index (χ1) is 12.8. The van der Waals surface area contributed by atoms with Gasteiger partial charge in [-0.2, -0.15) is 13.2 Å². The number of piperidine rings is 1. The van der Waals surface area contributed by atoms with Gasteiger partial charge in [-0.15, -0.1) is 0 Å². The van der Waals surface area contributed by atoms with Crippen molar-refractivity contribution in [2.24, 2.45) is 0 Å². The molecule has 27 heavy (non-hydrogen) atoms. The lowest BCUT2D eigenvalue weighted by molar-refractivity contribution is -0.137. The minimum absolute atomic E-state index is 0.194. The van der Waals surface area contributed by atoms with Crippen LogP contribution in [0.1, 0.15) is 31.7 Å². The Balaban J connectivity index is 1.78. The van der Waals surface area contributed by atoms with Gasteiger partial charge >= 0.3 is 6.18 Å². The molecule has 2 heterocycles. The number of nitrogens with zero attached hydrogens (tertiary/aromatic N) is 2. The van der Waals surface area contributed by atoms with Crippen molar-refractivity contribution >= 4 is 17.3 Å². The molecule has 1 N–H and O–H groups in total. The molecule has 5 nitrogen and oxygen atoms in total. The second-order valence-corrected chi connectivity index (χ2v) is 7.19. The first-order valence-corrected chi connectivity index (χ1v) is 9.42. The molecule has 2 fully saturated rings. The summed E-state index contributed by atoms with van der Waals surface area (Å²) in [5.41, 5.74) is 0.0499. The molecule has 2 aliphatic heterocycles. The summed E-state index contributed by atoms with van der Waals surface area (Å²) >= 11 is 0.